The van der Waals surface area contributed by atoms with Crippen molar-refractivity contribution >= 4 is 27.7 Å². The Labute approximate surface area is 280 Å². The molecule has 3 aliphatic carbocycles. The Morgan fingerprint density at radius 1 is 1.06 bits per heavy atom. The van der Waals surface area contributed by atoms with Crippen molar-refractivity contribution in [2.24, 2.45) is 17.8 Å². The van der Waals surface area contributed by atoms with Crippen molar-refractivity contribution in [3.05, 3.63) is 42.5 Å². The van der Waals surface area contributed by atoms with Crippen LogP contribution in [0.1, 0.15) is 58.3 Å². The molecular formula is C34H43N5O8S. The van der Waals surface area contributed by atoms with Gasteiger partial charge in [-0.1, -0.05) is 24.3 Å². The minimum absolute atomic E-state index is 0.0892. The van der Waals surface area contributed by atoms with Gasteiger partial charge in [0.25, 0.3) is 5.91 Å². The molecule has 0 bridgehead atoms. The first-order chi connectivity index (χ1) is 22.9. The van der Waals surface area contributed by atoms with Crippen LogP contribution in [0, 0.1) is 17.8 Å². The molecule has 48 heavy (non-hydrogen) atoms. The van der Waals surface area contributed by atoms with Gasteiger partial charge < -0.3 is 24.4 Å². The molecule has 4 aliphatic rings. The first kappa shape index (κ1) is 33.7. The van der Waals surface area contributed by atoms with E-state index >= 15 is 0 Å². The van der Waals surface area contributed by atoms with Gasteiger partial charge >= 0.3 is 6.01 Å². The monoisotopic (exact) mass is 681 g/mol. The molecule has 0 saturated heterocycles. The van der Waals surface area contributed by atoms with Gasteiger partial charge in [-0.15, -0.1) is 0 Å². The van der Waals surface area contributed by atoms with Gasteiger partial charge in [-0.2, -0.15) is 9.97 Å². The van der Waals surface area contributed by atoms with Crippen LogP contribution < -0.4 is 24.2 Å². The Morgan fingerprint density at radius 3 is 2.56 bits per heavy atom. The van der Waals surface area contributed by atoms with Gasteiger partial charge in [-0.3, -0.25) is 19.1 Å². The van der Waals surface area contributed by atoms with Crippen molar-refractivity contribution in [3.8, 4) is 28.9 Å². The van der Waals surface area contributed by atoms with E-state index < -0.39 is 50.1 Å². The van der Waals surface area contributed by atoms with Gasteiger partial charge in [0.1, 0.15) is 17.4 Å². The molecule has 2 N–H and O–H groups in total. The Balaban J connectivity index is 1.26. The number of benzene rings is 1. The Kier molecular flexibility index (Phi) is 9.14. The van der Waals surface area contributed by atoms with Crippen LogP contribution in [0.5, 0.6) is 17.6 Å². The van der Waals surface area contributed by atoms with Crippen LogP contribution in [0.3, 0.4) is 0 Å². The molecule has 0 radical (unpaired) electrons. The summed E-state index contributed by atoms with van der Waals surface area (Å²) in [5.41, 5.74) is -0.123. The standard InChI is InChI=1S/C34H43N5O8S/c1-33(13-14-33)48(43,44)38-31(42)34-20-22(34)11-7-5-6-8-15-39(2)30(41)26-18-24(17-25(26)29(40)37-34)47-28-19-27(35-32(36-28)46-4)21-10-9-12-23(16-21)45-3/h7,9-12,16,19,22,24-26H,5-6,8,13-15,17-18,20H2,1-4H3,(H,37,40)(H,38,42)/b11-7-/t22-,24+,25+,26+,34+/m0/s1. The maximum absolute atomic E-state index is 14.1. The van der Waals surface area contributed by atoms with E-state index in [9.17, 15) is 22.8 Å². The Morgan fingerprint density at radius 2 is 1.83 bits per heavy atom. The van der Waals surface area contributed by atoms with Crippen LogP contribution in [0.2, 0.25) is 0 Å². The number of aromatic nitrogens is 2. The summed E-state index contributed by atoms with van der Waals surface area (Å²) in [7, 11) is 0.844. The highest BCUT2D eigenvalue weighted by molar-refractivity contribution is 7.91. The van der Waals surface area contributed by atoms with Crippen molar-refractivity contribution in [2.75, 3.05) is 27.8 Å². The number of rotatable bonds is 8. The van der Waals surface area contributed by atoms with Crippen LogP contribution >= 0.6 is 0 Å². The Bertz CT molecular complexity index is 1730. The SMILES string of the molecule is COc1cccc(-c2cc(O[C@@H]3C[C@H]4C(=O)N[C@]5(C(=O)NS(=O)(=O)C6(C)CC6)C[C@@H]5/C=C\CCCCN(C)C(=O)[C@@H]4C3)nc(OC)n2)c1. The number of carbonyl (C=O) groups excluding carboxylic acids is 3. The van der Waals surface area contributed by atoms with E-state index in [1.165, 1.54) is 7.11 Å². The second-order valence-corrected chi connectivity index (χ2v) is 15.8. The van der Waals surface area contributed by atoms with Crippen molar-refractivity contribution in [1.29, 1.82) is 0 Å². The molecule has 5 atom stereocenters. The second-order valence-electron chi connectivity index (χ2n) is 13.6. The molecule has 1 aromatic carbocycles. The number of fused-ring (bicyclic) bond motifs is 2. The number of allylic oxidation sites excluding steroid dienone is 1. The first-order valence-corrected chi connectivity index (χ1v) is 17.9. The topological polar surface area (TPSA) is 166 Å². The summed E-state index contributed by atoms with van der Waals surface area (Å²) in [5, 5.41) is 2.92. The normalized spacial score (nSPS) is 29.0. The van der Waals surface area contributed by atoms with E-state index in [0.717, 1.165) is 24.8 Å². The van der Waals surface area contributed by atoms with Gasteiger partial charge in [0, 0.05) is 31.1 Å². The van der Waals surface area contributed by atoms with Crippen LogP contribution in [0.25, 0.3) is 11.3 Å². The third-order valence-corrected chi connectivity index (χ3v) is 12.3. The fraction of sp³-hybridized carbons (Fsp3) is 0.559. The van der Waals surface area contributed by atoms with Crippen LogP contribution in [-0.2, 0) is 24.4 Å². The molecule has 3 amide bonds. The summed E-state index contributed by atoms with van der Waals surface area (Å²) < 4.78 is 44.3. The summed E-state index contributed by atoms with van der Waals surface area (Å²) in [6, 6.07) is 9.12. The van der Waals surface area contributed by atoms with Gasteiger partial charge in [-0.25, -0.2) is 8.42 Å². The molecular weight excluding hydrogens is 638 g/mol. The quantitative estimate of drug-likeness (QED) is 0.396. The number of nitrogens with one attached hydrogen (secondary N) is 2. The fourth-order valence-electron chi connectivity index (χ4n) is 6.65. The number of sulfonamides is 1. The van der Waals surface area contributed by atoms with E-state index in [-0.39, 0.29) is 43.0 Å². The van der Waals surface area contributed by atoms with E-state index in [0.29, 0.717) is 30.8 Å². The predicted molar refractivity (Wildman–Crippen MR) is 176 cm³/mol. The summed E-state index contributed by atoms with van der Waals surface area (Å²) in [6.45, 7) is 2.15. The third kappa shape index (κ3) is 6.71. The lowest BCUT2D eigenvalue weighted by Gasteiger charge is -2.27. The van der Waals surface area contributed by atoms with Crippen LogP contribution in [-0.4, -0.2) is 85.2 Å². The minimum Gasteiger partial charge on any atom is -0.497 e. The summed E-state index contributed by atoms with van der Waals surface area (Å²) >= 11 is 0. The molecule has 6 rings (SSSR count). The van der Waals surface area contributed by atoms with E-state index in [4.69, 9.17) is 14.2 Å². The Hall–Kier alpha value is -4.20. The summed E-state index contributed by atoms with van der Waals surface area (Å²) in [5.74, 6) is -2.43. The number of methoxy groups -OCH3 is 2. The molecule has 0 spiro atoms. The van der Waals surface area contributed by atoms with Gasteiger partial charge in [0.2, 0.25) is 27.7 Å². The average molecular weight is 682 g/mol. The zero-order valence-corrected chi connectivity index (χ0v) is 28.5. The maximum atomic E-state index is 14.1. The number of amides is 3. The number of carbonyl (C=O) groups is 3. The zero-order valence-electron chi connectivity index (χ0n) is 27.7. The lowest BCUT2D eigenvalue weighted by Crippen LogP contribution is -2.55. The molecule has 2 aromatic rings. The van der Waals surface area contributed by atoms with E-state index in [2.05, 4.69) is 20.0 Å². The molecule has 3 saturated carbocycles. The van der Waals surface area contributed by atoms with Crippen molar-refractivity contribution in [3.63, 3.8) is 0 Å². The highest BCUT2D eigenvalue weighted by Crippen LogP contribution is 2.48. The molecule has 1 aliphatic heterocycles. The smallest absolute Gasteiger partial charge is 0.320 e. The average Bonchev–Trinajstić information content (AvgIpc) is 3.95. The van der Waals surface area contributed by atoms with Crippen LogP contribution in [0.4, 0.5) is 0 Å². The first-order valence-electron chi connectivity index (χ1n) is 16.4. The van der Waals surface area contributed by atoms with E-state index in [1.807, 2.05) is 36.4 Å². The molecule has 13 nitrogen and oxygen atoms in total. The second kappa shape index (κ2) is 13.0. The van der Waals surface area contributed by atoms with Crippen LogP contribution in [0.15, 0.2) is 42.5 Å². The highest BCUT2D eigenvalue weighted by atomic mass is 32.2. The minimum atomic E-state index is -3.92. The largest absolute Gasteiger partial charge is 0.497 e. The number of hydrogen-bond donors (Lipinski definition) is 2. The lowest BCUT2D eigenvalue weighted by molar-refractivity contribution is -0.140. The highest BCUT2D eigenvalue weighted by Gasteiger charge is 2.63. The van der Waals surface area contributed by atoms with Crippen molar-refractivity contribution in [2.45, 2.75) is 74.7 Å². The lowest BCUT2D eigenvalue weighted by atomic mass is 9.93. The van der Waals surface area contributed by atoms with Gasteiger partial charge in [-0.05, 0) is 70.4 Å². The molecule has 3 fully saturated rings. The number of nitrogens with zero attached hydrogens (tertiary/aromatic N) is 3. The number of hydrogen-bond acceptors (Lipinski definition) is 10. The maximum Gasteiger partial charge on any atom is 0.320 e. The van der Waals surface area contributed by atoms with E-state index in [1.54, 1.807) is 32.0 Å². The molecule has 2 heterocycles. The van der Waals surface area contributed by atoms with Crippen molar-refractivity contribution < 1.29 is 37.0 Å². The number of ether oxygens (including phenoxy) is 3. The third-order valence-electron chi connectivity index (χ3n) is 10.1. The van der Waals surface area contributed by atoms with Gasteiger partial charge in [0.05, 0.1) is 36.5 Å². The zero-order chi connectivity index (χ0) is 34.3. The van der Waals surface area contributed by atoms with Gasteiger partial charge in [0.15, 0.2) is 0 Å². The fourth-order valence-corrected chi connectivity index (χ4v) is 7.96. The molecule has 258 valence electrons. The summed E-state index contributed by atoms with van der Waals surface area (Å²) in [4.78, 5) is 52.0. The molecule has 0 unspecified atom stereocenters. The van der Waals surface area contributed by atoms with Crippen molar-refractivity contribution in [1.82, 2.24) is 24.9 Å². The summed E-state index contributed by atoms with van der Waals surface area (Å²) in [6.07, 6.45) is 7.29. The molecule has 14 heteroatoms. The molecule has 1 aromatic heterocycles. The predicted octanol–water partition coefficient (Wildman–Crippen LogP) is 3.01.